The Morgan fingerprint density at radius 1 is 1.12 bits per heavy atom. The Balaban J connectivity index is 4.57. The van der Waals surface area contributed by atoms with Crippen LogP contribution in [0.3, 0.4) is 0 Å². The summed E-state index contributed by atoms with van der Waals surface area (Å²) in [7, 11) is 0. The van der Waals surface area contributed by atoms with Crippen LogP contribution in [-0.4, -0.2) is 6.04 Å². The van der Waals surface area contributed by atoms with E-state index in [0.29, 0.717) is 11.5 Å². The first-order valence-corrected chi connectivity index (χ1v) is 7.66. The number of unbranched alkanes of at least 4 members (excludes halogenated alkanes) is 1. The average molecular weight is 241 g/mol. The maximum atomic E-state index is 6.34. The molecule has 0 bridgehead atoms. The fourth-order valence-corrected chi connectivity index (χ4v) is 2.79. The van der Waals surface area contributed by atoms with Gasteiger partial charge in [-0.2, -0.15) is 0 Å². The van der Waals surface area contributed by atoms with Crippen LogP contribution in [-0.2, 0) is 0 Å². The van der Waals surface area contributed by atoms with E-state index in [-0.39, 0.29) is 0 Å². The first-order chi connectivity index (χ1) is 7.91. The van der Waals surface area contributed by atoms with Gasteiger partial charge in [0, 0.05) is 6.04 Å². The molecule has 0 saturated carbocycles. The van der Waals surface area contributed by atoms with E-state index in [1.165, 1.54) is 32.1 Å². The molecule has 0 aromatic carbocycles. The maximum Gasteiger partial charge on any atom is 0.00902 e. The van der Waals surface area contributed by atoms with Crippen molar-refractivity contribution in [3.05, 3.63) is 0 Å². The molecule has 0 fully saturated rings. The molecule has 3 unspecified atom stereocenters. The summed E-state index contributed by atoms with van der Waals surface area (Å²) >= 11 is 0. The molecule has 1 nitrogen and oxygen atoms in total. The van der Waals surface area contributed by atoms with Crippen molar-refractivity contribution in [1.29, 1.82) is 0 Å². The van der Waals surface area contributed by atoms with Crippen LogP contribution in [0.5, 0.6) is 0 Å². The molecule has 1 heteroatoms. The van der Waals surface area contributed by atoms with Gasteiger partial charge in [0.15, 0.2) is 0 Å². The van der Waals surface area contributed by atoms with Gasteiger partial charge in [-0.15, -0.1) is 0 Å². The number of nitrogens with two attached hydrogens (primary N) is 1. The maximum absolute atomic E-state index is 6.34. The van der Waals surface area contributed by atoms with E-state index >= 15 is 0 Å². The summed E-state index contributed by atoms with van der Waals surface area (Å²) in [5.41, 5.74) is 6.67. The molecular weight excluding hydrogens is 206 g/mol. The second-order valence-corrected chi connectivity index (χ2v) is 6.37. The molecule has 0 saturated heterocycles. The Morgan fingerprint density at radius 3 is 2.06 bits per heavy atom. The molecule has 0 aromatic rings. The lowest BCUT2D eigenvalue weighted by Crippen LogP contribution is -2.40. The molecular formula is C16H35N. The van der Waals surface area contributed by atoms with Crippen molar-refractivity contribution < 1.29 is 0 Å². The zero-order valence-corrected chi connectivity index (χ0v) is 13.1. The SMILES string of the molecule is CCCCC(CC(C)(CC)C(N)CC)C(C)C. The minimum atomic E-state index is 0.331. The van der Waals surface area contributed by atoms with Crippen molar-refractivity contribution in [2.75, 3.05) is 0 Å². The Kier molecular flexibility index (Phi) is 8.11. The summed E-state index contributed by atoms with van der Waals surface area (Å²) in [4.78, 5) is 0. The van der Waals surface area contributed by atoms with Crippen LogP contribution in [0.2, 0.25) is 0 Å². The Morgan fingerprint density at radius 2 is 1.71 bits per heavy atom. The second kappa shape index (κ2) is 8.13. The van der Waals surface area contributed by atoms with Crippen molar-refractivity contribution in [2.24, 2.45) is 23.0 Å². The van der Waals surface area contributed by atoms with Gasteiger partial charge in [-0.1, -0.05) is 60.8 Å². The van der Waals surface area contributed by atoms with Gasteiger partial charge in [0.2, 0.25) is 0 Å². The molecule has 0 amide bonds. The fraction of sp³-hybridized carbons (Fsp3) is 1.00. The van der Waals surface area contributed by atoms with Gasteiger partial charge in [0.1, 0.15) is 0 Å². The van der Waals surface area contributed by atoms with Crippen molar-refractivity contribution in [3.8, 4) is 0 Å². The minimum absolute atomic E-state index is 0.331. The minimum Gasteiger partial charge on any atom is -0.327 e. The normalized spacial score (nSPS) is 19.1. The lowest BCUT2D eigenvalue weighted by atomic mass is 9.69. The number of hydrogen-bond acceptors (Lipinski definition) is 1. The topological polar surface area (TPSA) is 26.0 Å². The standard InChI is InChI=1S/C16H35N/c1-7-10-11-14(13(4)5)12-16(6,9-3)15(17)8-2/h13-15H,7-12,17H2,1-6H3. The van der Waals surface area contributed by atoms with E-state index in [0.717, 1.165) is 18.3 Å². The average Bonchev–Trinajstić information content (AvgIpc) is 2.32. The van der Waals surface area contributed by atoms with Gasteiger partial charge >= 0.3 is 0 Å². The molecule has 2 N–H and O–H groups in total. The third-order valence-corrected chi connectivity index (χ3v) is 4.74. The quantitative estimate of drug-likeness (QED) is 0.604. The highest BCUT2D eigenvalue weighted by atomic mass is 14.7. The molecule has 0 radical (unpaired) electrons. The molecule has 3 atom stereocenters. The fourth-order valence-electron chi connectivity index (χ4n) is 2.79. The molecule has 17 heavy (non-hydrogen) atoms. The van der Waals surface area contributed by atoms with Crippen molar-refractivity contribution in [1.82, 2.24) is 0 Å². The summed E-state index contributed by atoms with van der Waals surface area (Å²) in [6, 6.07) is 0.357. The Hall–Kier alpha value is -0.0400. The highest BCUT2D eigenvalue weighted by molar-refractivity contribution is 4.86. The van der Waals surface area contributed by atoms with Crippen LogP contribution >= 0.6 is 0 Å². The highest BCUT2D eigenvalue weighted by Gasteiger charge is 2.32. The molecule has 0 aliphatic carbocycles. The van der Waals surface area contributed by atoms with Crippen LogP contribution < -0.4 is 5.73 Å². The predicted octanol–water partition coefficient (Wildman–Crippen LogP) is 4.99. The Bertz CT molecular complexity index is 188. The largest absolute Gasteiger partial charge is 0.327 e. The van der Waals surface area contributed by atoms with E-state index in [4.69, 9.17) is 5.73 Å². The van der Waals surface area contributed by atoms with Crippen LogP contribution in [0.4, 0.5) is 0 Å². The molecule has 0 heterocycles. The summed E-state index contributed by atoms with van der Waals surface area (Å²) in [6.45, 7) is 13.9. The zero-order chi connectivity index (χ0) is 13.5. The lowest BCUT2D eigenvalue weighted by molar-refractivity contribution is 0.148. The third-order valence-electron chi connectivity index (χ3n) is 4.74. The van der Waals surface area contributed by atoms with E-state index in [9.17, 15) is 0 Å². The van der Waals surface area contributed by atoms with Crippen LogP contribution in [0, 0.1) is 17.3 Å². The van der Waals surface area contributed by atoms with E-state index in [1.54, 1.807) is 0 Å². The third kappa shape index (κ3) is 5.42. The highest BCUT2D eigenvalue weighted by Crippen LogP contribution is 2.38. The lowest BCUT2D eigenvalue weighted by Gasteiger charge is -2.38. The number of hydrogen-bond donors (Lipinski definition) is 1. The molecule has 0 aliphatic heterocycles. The van der Waals surface area contributed by atoms with Crippen molar-refractivity contribution in [2.45, 2.75) is 86.1 Å². The van der Waals surface area contributed by atoms with Crippen LogP contribution in [0.25, 0.3) is 0 Å². The van der Waals surface area contributed by atoms with Gasteiger partial charge in [0.25, 0.3) is 0 Å². The predicted molar refractivity (Wildman–Crippen MR) is 79.1 cm³/mol. The van der Waals surface area contributed by atoms with Gasteiger partial charge in [-0.05, 0) is 36.5 Å². The molecule has 0 spiro atoms. The monoisotopic (exact) mass is 241 g/mol. The first kappa shape index (κ1) is 17.0. The van der Waals surface area contributed by atoms with E-state index < -0.39 is 0 Å². The molecule has 104 valence electrons. The molecule has 0 rings (SSSR count). The van der Waals surface area contributed by atoms with Crippen LogP contribution in [0.15, 0.2) is 0 Å². The van der Waals surface area contributed by atoms with Gasteiger partial charge < -0.3 is 5.73 Å². The molecule has 0 aromatic heterocycles. The van der Waals surface area contributed by atoms with Gasteiger partial charge in [0.05, 0.1) is 0 Å². The number of rotatable bonds is 9. The Labute approximate surface area is 110 Å². The summed E-state index contributed by atoms with van der Waals surface area (Å²) in [6.07, 6.45) is 7.66. The summed E-state index contributed by atoms with van der Waals surface area (Å²) < 4.78 is 0. The second-order valence-electron chi connectivity index (χ2n) is 6.37. The van der Waals surface area contributed by atoms with E-state index in [1.807, 2.05) is 0 Å². The van der Waals surface area contributed by atoms with Crippen molar-refractivity contribution >= 4 is 0 Å². The summed E-state index contributed by atoms with van der Waals surface area (Å²) in [5.74, 6) is 1.63. The van der Waals surface area contributed by atoms with E-state index in [2.05, 4.69) is 41.5 Å². The van der Waals surface area contributed by atoms with Gasteiger partial charge in [-0.25, -0.2) is 0 Å². The van der Waals surface area contributed by atoms with Crippen LogP contribution in [0.1, 0.15) is 80.1 Å². The van der Waals surface area contributed by atoms with Gasteiger partial charge in [-0.3, -0.25) is 0 Å². The zero-order valence-electron chi connectivity index (χ0n) is 13.1. The smallest absolute Gasteiger partial charge is 0.00902 e. The first-order valence-electron chi connectivity index (χ1n) is 7.66. The van der Waals surface area contributed by atoms with Crippen molar-refractivity contribution in [3.63, 3.8) is 0 Å². The molecule has 0 aliphatic rings. The summed E-state index contributed by atoms with van der Waals surface area (Å²) in [5, 5.41) is 0.